The molecule has 0 spiro atoms. The number of benzene rings is 2. The number of halogens is 1. The summed E-state index contributed by atoms with van der Waals surface area (Å²) in [7, 11) is 3.79. The molecule has 5 nitrogen and oxygen atoms in total. The van der Waals surface area contributed by atoms with Crippen molar-refractivity contribution in [1.29, 1.82) is 0 Å². The van der Waals surface area contributed by atoms with E-state index in [1.54, 1.807) is 42.5 Å². The number of imide groups is 1. The first-order chi connectivity index (χ1) is 13.3. The van der Waals surface area contributed by atoms with Gasteiger partial charge < -0.3 is 9.64 Å². The van der Waals surface area contributed by atoms with Crippen molar-refractivity contribution < 1.29 is 14.3 Å². The highest BCUT2D eigenvalue weighted by atomic mass is 35.5. The SMILES string of the molecule is CC(C)COc1ccc(C2=C(Cl)C(=O)N(c3cccc(N(C)C)c3)C2=O)cc1. The van der Waals surface area contributed by atoms with Gasteiger partial charge in [0.25, 0.3) is 11.8 Å². The fourth-order valence-corrected chi connectivity index (χ4v) is 3.15. The summed E-state index contributed by atoms with van der Waals surface area (Å²) >= 11 is 6.27. The lowest BCUT2D eigenvalue weighted by Gasteiger charge is -2.18. The Morgan fingerprint density at radius 2 is 1.71 bits per heavy atom. The maximum atomic E-state index is 13.0. The Bertz CT molecular complexity index is 933. The Morgan fingerprint density at radius 1 is 1.04 bits per heavy atom. The van der Waals surface area contributed by atoms with Crippen molar-refractivity contribution in [3.05, 3.63) is 59.1 Å². The molecule has 0 fully saturated rings. The quantitative estimate of drug-likeness (QED) is 0.680. The fourth-order valence-electron chi connectivity index (χ4n) is 2.88. The molecular formula is C22H23ClN2O3. The van der Waals surface area contributed by atoms with Gasteiger partial charge in [-0.15, -0.1) is 0 Å². The summed E-state index contributed by atoms with van der Waals surface area (Å²) in [5.74, 6) is 0.179. The number of ether oxygens (including phenoxy) is 1. The van der Waals surface area contributed by atoms with Crippen molar-refractivity contribution in [2.75, 3.05) is 30.5 Å². The van der Waals surface area contributed by atoms with E-state index in [1.165, 1.54) is 0 Å². The third kappa shape index (κ3) is 3.90. The predicted octanol–water partition coefficient (Wildman–Crippen LogP) is 4.31. The number of hydrogen-bond acceptors (Lipinski definition) is 4. The second-order valence-electron chi connectivity index (χ2n) is 7.28. The van der Waals surface area contributed by atoms with Gasteiger partial charge in [0.2, 0.25) is 0 Å². The van der Waals surface area contributed by atoms with Gasteiger partial charge in [0.05, 0.1) is 17.9 Å². The Balaban J connectivity index is 1.88. The lowest BCUT2D eigenvalue weighted by molar-refractivity contribution is -0.119. The molecule has 0 radical (unpaired) electrons. The molecule has 2 amide bonds. The van der Waals surface area contributed by atoms with Crippen molar-refractivity contribution in [2.45, 2.75) is 13.8 Å². The number of amides is 2. The molecule has 2 aromatic carbocycles. The van der Waals surface area contributed by atoms with Crippen LogP contribution in [-0.2, 0) is 9.59 Å². The average molecular weight is 399 g/mol. The van der Waals surface area contributed by atoms with Crippen LogP contribution in [0.5, 0.6) is 5.75 Å². The van der Waals surface area contributed by atoms with Crippen molar-refractivity contribution in [3.8, 4) is 5.75 Å². The molecule has 3 rings (SSSR count). The molecule has 1 aliphatic heterocycles. The third-order valence-corrected chi connectivity index (χ3v) is 4.71. The smallest absolute Gasteiger partial charge is 0.277 e. The van der Waals surface area contributed by atoms with Crippen LogP contribution >= 0.6 is 11.6 Å². The summed E-state index contributed by atoms with van der Waals surface area (Å²) in [6, 6.07) is 14.3. The average Bonchev–Trinajstić information content (AvgIpc) is 2.89. The van der Waals surface area contributed by atoms with Gasteiger partial charge in [-0.1, -0.05) is 43.6 Å². The first kappa shape index (κ1) is 20.0. The summed E-state index contributed by atoms with van der Waals surface area (Å²) in [5.41, 5.74) is 2.17. The second kappa shape index (κ2) is 8.07. The first-order valence-electron chi connectivity index (χ1n) is 9.08. The fraction of sp³-hybridized carbons (Fsp3) is 0.273. The van der Waals surface area contributed by atoms with Crippen LogP contribution in [0.1, 0.15) is 19.4 Å². The minimum Gasteiger partial charge on any atom is -0.493 e. The van der Waals surface area contributed by atoms with E-state index in [4.69, 9.17) is 16.3 Å². The summed E-state index contributed by atoms with van der Waals surface area (Å²) in [6.45, 7) is 4.75. The summed E-state index contributed by atoms with van der Waals surface area (Å²) in [4.78, 5) is 28.8. The number of carbonyl (C=O) groups excluding carboxylic acids is 2. The van der Waals surface area contributed by atoms with Crippen molar-refractivity contribution >= 4 is 40.4 Å². The number of hydrogen-bond donors (Lipinski definition) is 0. The van der Waals surface area contributed by atoms with E-state index in [-0.39, 0.29) is 10.6 Å². The Labute approximate surface area is 170 Å². The highest BCUT2D eigenvalue weighted by Crippen LogP contribution is 2.36. The van der Waals surface area contributed by atoms with Crippen LogP contribution in [0.4, 0.5) is 11.4 Å². The minimum atomic E-state index is -0.516. The van der Waals surface area contributed by atoms with Crippen molar-refractivity contribution in [3.63, 3.8) is 0 Å². The third-order valence-electron chi connectivity index (χ3n) is 4.36. The molecular weight excluding hydrogens is 376 g/mol. The number of anilines is 2. The van der Waals surface area contributed by atoms with Gasteiger partial charge in [-0.25, -0.2) is 4.90 Å². The largest absolute Gasteiger partial charge is 0.493 e. The first-order valence-corrected chi connectivity index (χ1v) is 9.46. The molecule has 0 atom stereocenters. The minimum absolute atomic E-state index is 0.0731. The molecule has 2 aromatic rings. The van der Waals surface area contributed by atoms with Gasteiger partial charge in [-0.2, -0.15) is 0 Å². The highest BCUT2D eigenvalue weighted by Gasteiger charge is 2.39. The summed E-state index contributed by atoms with van der Waals surface area (Å²) in [6.07, 6.45) is 0. The van der Waals surface area contributed by atoms with Crippen LogP contribution < -0.4 is 14.5 Å². The lowest BCUT2D eigenvalue weighted by Crippen LogP contribution is -2.31. The Morgan fingerprint density at radius 3 is 2.32 bits per heavy atom. The van der Waals surface area contributed by atoms with Crippen LogP contribution in [0.25, 0.3) is 5.57 Å². The van der Waals surface area contributed by atoms with Crippen LogP contribution in [0.15, 0.2) is 53.6 Å². The molecule has 0 aromatic heterocycles. The van der Waals surface area contributed by atoms with Gasteiger partial charge in [0.15, 0.2) is 0 Å². The molecule has 0 saturated carbocycles. The molecule has 6 heteroatoms. The molecule has 0 N–H and O–H groups in total. The van der Waals surface area contributed by atoms with Crippen molar-refractivity contribution in [2.24, 2.45) is 5.92 Å². The lowest BCUT2D eigenvalue weighted by atomic mass is 10.1. The molecule has 0 aliphatic carbocycles. The molecule has 0 saturated heterocycles. The van der Waals surface area contributed by atoms with Crippen LogP contribution in [0.3, 0.4) is 0 Å². The van der Waals surface area contributed by atoms with Gasteiger partial charge in [-0.3, -0.25) is 9.59 Å². The molecule has 146 valence electrons. The monoisotopic (exact) mass is 398 g/mol. The number of carbonyl (C=O) groups is 2. The topological polar surface area (TPSA) is 49.9 Å². The predicted molar refractivity (Wildman–Crippen MR) is 113 cm³/mol. The molecule has 1 heterocycles. The van der Waals surface area contributed by atoms with Gasteiger partial charge in [0.1, 0.15) is 10.8 Å². The number of nitrogens with zero attached hydrogens (tertiary/aromatic N) is 2. The Kier molecular flexibility index (Phi) is 5.75. The molecule has 0 unspecified atom stereocenters. The van der Waals surface area contributed by atoms with E-state index >= 15 is 0 Å². The maximum Gasteiger partial charge on any atom is 0.277 e. The second-order valence-corrected chi connectivity index (χ2v) is 7.66. The van der Waals surface area contributed by atoms with E-state index < -0.39 is 11.8 Å². The van der Waals surface area contributed by atoms with E-state index in [1.807, 2.05) is 25.1 Å². The van der Waals surface area contributed by atoms with Crippen LogP contribution in [0.2, 0.25) is 0 Å². The Hall–Kier alpha value is -2.79. The van der Waals surface area contributed by atoms with Crippen molar-refractivity contribution in [1.82, 2.24) is 0 Å². The van der Waals surface area contributed by atoms with Gasteiger partial charge in [-0.05, 0) is 41.8 Å². The highest BCUT2D eigenvalue weighted by molar-refractivity contribution is 6.60. The zero-order chi connectivity index (χ0) is 20.4. The zero-order valence-corrected chi connectivity index (χ0v) is 17.2. The molecule has 28 heavy (non-hydrogen) atoms. The van der Waals surface area contributed by atoms with Crippen LogP contribution in [0, 0.1) is 5.92 Å². The molecule has 0 bridgehead atoms. The maximum absolute atomic E-state index is 13.0. The van der Waals surface area contributed by atoms with E-state index in [9.17, 15) is 9.59 Å². The van der Waals surface area contributed by atoms with Gasteiger partial charge >= 0.3 is 0 Å². The summed E-state index contributed by atoms with van der Waals surface area (Å²) in [5, 5.41) is -0.0731. The zero-order valence-electron chi connectivity index (χ0n) is 16.4. The van der Waals surface area contributed by atoms with E-state index in [0.29, 0.717) is 29.5 Å². The number of rotatable bonds is 6. The van der Waals surface area contributed by atoms with E-state index in [0.717, 1.165) is 10.6 Å². The normalized spacial score (nSPS) is 14.3. The standard InChI is InChI=1S/C22H23ClN2O3/c1-14(2)13-28-18-10-8-15(9-11-18)19-20(23)22(27)25(21(19)26)17-7-5-6-16(12-17)24(3)4/h5-12,14H,13H2,1-4H3. The van der Waals surface area contributed by atoms with Crippen LogP contribution in [-0.4, -0.2) is 32.5 Å². The van der Waals surface area contributed by atoms with Gasteiger partial charge in [0, 0.05) is 19.8 Å². The molecule has 1 aliphatic rings. The summed E-state index contributed by atoms with van der Waals surface area (Å²) < 4.78 is 5.67. The van der Waals surface area contributed by atoms with E-state index in [2.05, 4.69) is 13.8 Å².